The fourth-order valence-corrected chi connectivity index (χ4v) is 2.13. The Balaban J connectivity index is 1.75. The molecule has 0 aliphatic heterocycles. The van der Waals surface area contributed by atoms with Crippen molar-refractivity contribution < 1.29 is 4.79 Å². The molecule has 0 spiro atoms. The Hall–Kier alpha value is -3.21. The van der Waals surface area contributed by atoms with Gasteiger partial charge in [0, 0.05) is 35.9 Å². The summed E-state index contributed by atoms with van der Waals surface area (Å²) in [4.78, 5) is 20.4. The van der Waals surface area contributed by atoms with E-state index in [0.717, 1.165) is 16.9 Å². The first kappa shape index (κ1) is 14.7. The van der Waals surface area contributed by atoms with Gasteiger partial charge < -0.3 is 5.32 Å². The van der Waals surface area contributed by atoms with Crippen LogP contribution in [-0.2, 0) is 4.79 Å². The zero-order valence-corrected chi connectivity index (χ0v) is 12.7. The number of aromatic nitrogens is 3. The molecule has 0 saturated carbocycles. The first-order chi connectivity index (χ1) is 11.3. The standard InChI is InChI=1S/C18H16N4O/c1-2-3-4-6-17(23)20-15-9-7-14(8-10-15)16-13-22-12-5-11-19-18(22)21-16/h2-13H,1H3,(H,20,23)/b3-2+,6-4-. The molecule has 5 nitrogen and oxygen atoms in total. The molecule has 0 aliphatic rings. The Bertz CT molecular complexity index is 842. The number of fused-ring (bicyclic) bond motifs is 1. The van der Waals surface area contributed by atoms with Crippen LogP contribution in [0.5, 0.6) is 0 Å². The molecule has 0 bridgehead atoms. The highest BCUT2D eigenvalue weighted by atomic mass is 16.1. The predicted molar refractivity (Wildman–Crippen MR) is 91.0 cm³/mol. The highest BCUT2D eigenvalue weighted by molar-refractivity contribution is 5.99. The summed E-state index contributed by atoms with van der Waals surface area (Å²) in [6.45, 7) is 1.90. The summed E-state index contributed by atoms with van der Waals surface area (Å²) in [7, 11) is 0. The molecule has 3 aromatic rings. The van der Waals surface area contributed by atoms with Crippen LogP contribution in [0, 0.1) is 0 Å². The van der Waals surface area contributed by atoms with E-state index in [1.165, 1.54) is 6.08 Å². The average Bonchev–Trinajstić information content (AvgIpc) is 3.00. The summed E-state index contributed by atoms with van der Waals surface area (Å²) >= 11 is 0. The fraction of sp³-hybridized carbons (Fsp3) is 0.0556. The van der Waals surface area contributed by atoms with Crippen LogP contribution in [0.4, 0.5) is 5.69 Å². The van der Waals surface area contributed by atoms with Crippen LogP contribution in [0.3, 0.4) is 0 Å². The first-order valence-electron chi connectivity index (χ1n) is 7.27. The van der Waals surface area contributed by atoms with Crippen molar-refractivity contribution in [3.8, 4) is 11.3 Å². The van der Waals surface area contributed by atoms with Crippen LogP contribution in [0.15, 0.2) is 73.2 Å². The largest absolute Gasteiger partial charge is 0.323 e. The van der Waals surface area contributed by atoms with E-state index in [-0.39, 0.29) is 5.91 Å². The SMILES string of the molecule is C/C=C/C=C\C(=O)Nc1ccc(-c2cn3cccnc3n2)cc1. The lowest BCUT2D eigenvalue weighted by Gasteiger charge is -2.03. The zero-order valence-electron chi connectivity index (χ0n) is 12.7. The monoisotopic (exact) mass is 304 g/mol. The number of amides is 1. The van der Waals surface area contributed by atoms with E-state index in [2.05, 4.69) is 15.3 Å². The van der Waals surface area contributed by atoms with Crippen molar-refractivity contribution in [3.63, 3.8) is 0 Å². The lowest BCUT2D eigenvalue weighted by atomic mass is 10.1. The number of anilines is 1. The van der Waals surface area contributed by atoms with Gasteiger partial charge in [-0.1, -0.05) is 30.4 Å². The van der Waals surface area contributed by atoms with Crippen LogP contribution in [0.25, 0.3) is 17.0 Å². The summed E-state index contributed by atoms with van der Waals surface area (Å²) in [6, 6.07) is 9.42. The molecule has 5 heteroatoms. The van der Waals surface area contributed by atoms with Crippen molar-refractivity contribution in [2.45, 2.75) is 6.92 Å². The van der Waals surface area contributed by atoms with Crippen molar-refractivity contribution in [2.24, 2.45) is 0 Å². The number of nitrogens with one attached hydrogen (secondary N) is 1. The summed E-state index contributed by atoms with van der Waals surface area (Å²) in [5.41, 5.74) is 2.55. The quantitative estimate of drug-likeness (QED) is 0.593. The zero-order chi connectivity index (χ0) is 16.1. The van der Waals surface area contributed by atoms with Gasteiger partial charge in [-0.3, -0.25) is 9.20 Å². The normalized spacial score (nSPS) is 11.5. The number of carbonyl (C=O) groups is 1. The van der Waals surface area contributed by atoms with E-state index in [0.29, 0.717) is 5.78 Å². The Labute approximate surface area is 134 Å². The van der Waals surface area contributed by atoms with Crippen LogP contribution in [0.2, 0.25) is 0 Å². The van der Waals surface area contributed by atoms with Gasteiger partial charge >= 0.3 is 0 Å². The Morgan fingerprint density at radius 2 is 2.04 bits per heavy atom. The van der Waals surface area contributed by atoms with Gasteiger partial charge in [-0.2, -0.15) is 0 Å². The molecule has 1 aromatic carbocycles. The van der Waals surface area contributed by atoms with Gasteiger partial charge in [-0.15, -0.1) is 0 Å². The third-order valence-electron chi connectivity index (χ3n) is 3.23. The van der Waals surface area contributed by atoms with Gasteiger partial charge in [0.2, 0.25) is 11.7 Å². The van der Waals surface area contributed by atoms with E-state index < -0.39 is 0 Å². The van der Waals surface area contributed by atoms with Crippen LogP contribution >= 0.6 is 0 Å². The van der Waals surface area contributed by atoms with Crippen molar-refractivity contribution in [2.75, 3.05) is 5.32 Å². The van der Waals surface area contributed by atoms with Gasteiger partial charge in [0.15, 0.2) is 0 Å². The molecule has 0 unspecified atom stereocenters. The van der Waals surface area contributed by atoms with E-state index in [4.69, 9.17) is 0 Å². The molecule has 0 atom stereocenters. The third kappa shape index (κ3) is 3.52. The minimum Gasteiger partial charge on any atom is -0.323 e. The van der Waals surface area contributed by atoms with Crippen LogP contribution < -0.4 is 5.32 Å². The number of hydrogen-bond acceptors (Lipinski definition) is 3. The van der Waals surface area contributed by atoms with Crippen molar-refractivity contribution in [3.05, 3.63) is 73.2 Å². The van der Waals surface area contributed by atoms with E-state index in [1.54, 1.807) is 18.3 Å². The van der Waals surface area contributed by atoms with Crippen molar-refractivity contribution in [1.29, 1.82) is 0 Å². The number of hydrogen-bond donors (Lipinski definition) is 1. The summed E-state index contributed by atoms with van der Waals surface area (Å²) in [5, 5.41) is 2.81. The van der Waals surface area contributed by atoms with Gasteiger partial charge in [0.25, 0.3) is 0 Å². The maximum Gasteiger partial charge on any atom is 0.248 e. The number of carbonyl (C=O) groups excluding carboxylic acids is 1. The molecule has 23 heavy (non-hydrogen) atoms. The molecule has 114 valence electrons. The topological polar surface area (TPSA) is 59.3 Å². The molecule has 1 N–H and O–H groups in total. The maximum atomic E-state index is 11.7. The summed E-state index contributed by atoms with van der Waals surface area (Å²) < 4.78 is 1.87. The minimum absolute atomic E-state index is 0.159. The second-order valence-corrected chi connectivity index (χ2v) is 4.90. The average molecular weight is 304 g/mol. The molecule has 0 aliphatic carbocycles. The fourth-order valence-electron chi connectivity index (χ4n) is 2.13. The number of allylic oxidation sites excluding steroid dienone is 3. The molecular weight excluding hydrogens is 288 g/mol. The number of benzene rings is 1. The predicted octanol–water partition coefficient (Wildman–Crippen LogP) is 3.47. The lowest BCUT2D eigenvalue weighted by Crippen LogP contribution is -2.07. The van der Waals surface area contributed by atoms with Gasteiger partial charge in [-0.25, -0.2) is 9.97 Å². The molecule has 1 amide bonds. The molecule has 0 saturated heterocycles. The number of nitrogens with zero attached hydrogens (tertiary/aromatic N) is 3. The summed E-state index contributed by atoms with van der Waals surface area (Å²) in [6.07, 6.45) is 12.4. The Kier molecular flexibility index (Phi) is 4.29. The highest BCUT2D eigenvalue weighted by Crippen LogP contribution is 2.20. The lowest BCUT2D eigenvalue weighted by molar-refractivity contribution is -0.111. The minimum atomic E-state index is -0.159. The number of imidazole rings is 1. The maximum absolute atomic E-state index is 11.7. The van der Waals surface area contributed by atoms with Crippen molar-refractivity contribution in [1.82, 2.24) is 14.4 Å². The molecule has 2 heterocycles. The van der Waals surface area contributed by atoms with Gasteiger partial charge in [0.1, 0.15) is 0 Å². The molecule has 0 fully saturated rings. The highest BCUT2D eigenvalue weighted by Gasteiger charge is 2.05. The van der Waals surface area contributed by atoms with Gasteiger partial charge in [0.05, 0.1) is 5.69 Å². The molecule has 2 aromatic heterocycles. The summed E-state index contributed by atoms with van der Waals surface area (Å²) in [5.74, 6) is 0.502. The van der Waals surface area contributed by atoms with E-state index in [1.807, 2.05) is 60.1 Å². The Morgan fingerprint density at radius 1 is 1.22 bits per heavy atom. The van der Waals surface area contributed by atoms with E-state index >= 15 is 0 Å². The molecule has 0 radical (unpaired) electrons. The molecule has 3 rings (SSSR count). The third-order valence-corrected chi connectivity index (χ3v) is 3.23. The van der Waals surface area contributed by atoms with Gasteiger partial charge in [-0.05, 0) is 25.1 Å². The second-order valence-electron chi connectivity index (χ2n) is 4.90. The Morgan fingerprint density at radius 3 is 2.78 bits per heavy atom. The molecular formula is C18H16N4O. The smallest absolute Gasteiger partial charge is 0.248 e. The van der Waals surface area contributed by atoms with Crippen LogP contribution in [0.1, 0.15) is 6.92 Å². The van der Waals surface area contributed by atoms with E-state index in [9.17, 15) is 4.79 Å². The van der Waals surface area contributed by atoms with Crippen LogP contribution in [-0.4, -0.2) is 20.3 Å². The number of rotatable bonds is 4. The second kappa shape index (κ2) is 6.70. The first-order valence-corrected chi connectivity index (χ1v) is 7.27. The van der Waals surface area contributed by atoms with Crippen molar-refractivity contribution >= 4 is 17.4 Å².